The molecule has 4 rings (SSSR count). The van der Waals surface area contributed by atoms with Crippen molar-refractivity contribution in [1.29, 1.82) is 0 Å². The number of aromatic nitrogens is 1. The highest BCUT2D eigenvalue weighted by molar-refractivity contribution is 6.06. The van der Waals surface area contributed by atoms with Gasteiger partial charge in [-0.3, -0.25) is 14.6 Å². The molecule has 2 aromatic carbocycles. The van der Waals surface area contributed by atoms with E-state index in [1.807, 2.05) is 24.3 Å². The molecule has 7 heteroatoms. The molecule has 0 unspecified atom stereocenters. The zero-order valence-electron chi connectivity index (χ0n) is 20.8. The summed E-state index contributed by atoms with van der Waals surface area (Å²) in [6.07, 6.45) is 8.92. The average molecular weight is 487 g/mol. The van der Waals surface area contributed by atoms with Crippen molar-refractivity contribution in [2.75, 3.05) is 29.9 Å². The third-order valence-corrected chi connectivity index (χ3v) is 6.25. The summed E-state index contributed by atoms with van der Waals surface area (Å²) in [5, 5.41) is 5.94. The van der Waals surface area contributed by atoms with E-state index in [1.165, 1.54) is 6.42 Å². The predicted molar refractivity (Wildman–Crippen MR) is 143 cm³/mol. The lowest BCUT2D eigenvalue weighted by molar-refractivity contribution is 0.0950. The molecular weight excluding hydrogens is 452 g/mol. The summed E-state index contributed by atoms with van der Waals surface area (Å²) in [7, 11) is 0. The van der Waals surface area contributed by atoms with Gasteiger partial charge < -0.3 is 20.3 Å². The second kappa shape index (κ2) is 12.7. The van der Waals surface area contributed by atoms with Gasteiger partial charge in [0.2, 0.25) is 0 Å². The van der Waals surface area contributed by atoms with Crippen LogP contribution in [0.2, 0.25) is 0 Å². The summed E-state index contributed by atoms with van der Waals surface area (Å²) in [6, 6.07) is 16.5. The van der Waals surface area contributed by atoms with Crippen molar-refractivity contribution in [2.45, 2.75) is 45.6 Å². The van der Waals surface area contributed by atoms with Crippen LogP contribution < -0.4 is 20.3 Å². The van der Waals surface area contributed by atoms with E-state index in [-0.39, 0.29) is 11.8 Å². The maximum absolute atomic E-state index is 13.3. The number of hydrogen-bond donors (Lipinski definition) is 2. The highest BCUT2D eigenvalue weighted by Crippen LogP contribution is 2.28. The number of piperidine rings is 1. The molecule has 7 nitrogen and oxygen atoms in total. The predicted octanol–water partition coefficient (Wildman–Crippen LogP) is 5.43. The van der Waals surface area contributed by atoms with E-state index in [4.69, 9.17) is 4.74 Å². The lowest BCUT2D eigenvalue weighted by Gasteiger charge is -2.30. The number of carbonyl (C=O) groups excluding carboxylic acids is 2. The van der Waals surface area contributed by atoms with Crippen LogP contribution in [-0.2, 0) is 6.54 Å². The third kappa shape index (κ3) is 6.84. The van der Waals surface area contributed by atoms with Crippen molar-refractivity contribution in [3.63, 3.8) is 0 Å². The summed E-state index contributed by atoms with van der Waals surface area (Å²) in [6.45, 7) is 5.00. The largest absolute Gasteiger partial charge is 0.494 e. The zero-order chi connectivity index (χ0) is 25.2. The first-order valence-electron chi connectivity index (χ1n) is 12.7. The SMILES string of the molecule is CCCCOc1ccc(C(=O)Nc2ccc(N3CCCCC3)c(C(=O)NCc3cccnc3)c2)cc1. The van der Waals surface area contributed by atoms with E-state index >= 15 is 0 Å². The Morgan fingerprint density at radius 1 is 1.00 bits per heavy atom. The van der Waals surface area contributed by atoms with Crippen LogP contribution in [0.5, 0.6) is 5.75 Å². The van der Waals surface area contributed by atoms with Crippen molar-refractivity contribution < 1.29 is 14.3 Å². The van der Waals surface area contributed by atoms with Crippen LogP contribution >= 0.6 is 0 Å². The molecular formula is C29H34N4O3. The Labute approximate surface area is 212 Å². The van der Waals surface area contributed by atoms with Gasteiger partial charge in [-0.15, -0.1) is 0 Å². The normalized spacial score (nSPS) is 13.2. The lowest BCUT2D eigenvalue weighted by Crippen LogP contribution is -2.32. The van der Waals surface area contributed by atoms with E-state index < -0.39 is 0 Å². The minimum atomic E-state index is -0.234. The van der Waals surface area contributed by atoms with E-state index in [9.17, 15) is 9.59 Å². The van der Waals surface area contributed by atoms with Gasteiger partial charge in [-0.25, -0.2) is 0 Å². The number of hydrogen-bond acceptors (Lipinski definition) is 5. The maximum Gasteiger partial charge on any atom is 0.255 e. The Morgan fingerprint density at radius 3 is 2.53 bits per heavy atom. The van der Waals surface area contributed by atoms with Crippen molar-refractivity contribution >= 4 is 23.2 Å². The van der Waals surface area contributed by atoms with E-state index in [0.717, 1.165) is 55.8 Å². The highest BCUT2D eigenvalue weighted by atomic mass is 16.5. The molecule has 2 amide bonds. The number of pyridine rings is 1. The van der Waals surface area contributed by atoms with Gasteiger partial charge in [-0.05, 0) is 79.8 Å². The molecule has 0 radical (unpaired) electrons. The zero-order valence-corrected chi connectivity index (χ0v) is 20.8. The fourth-order valence-electron chi connectivity index (χ4n) is 4.23. The van der Waals surface area contributed by atoms with E-state index in [1.54, 1.807) is 42.7 Å². The first-order chi connectivity index (χ1) is 17.6. The fraction of sp³-hybridized carbons (Fsp3) is 0.345. The molecule has 2 heterocycles. The molecule has 0 aliphatic carbocycles. The van der Waals surface area contributed by atoms with Gasteiger partial charge in [0.15, 0.2) is 0 Å². The van der Waals surface area contributed by atoms with E-state index in [2.05, 4.69) is 27.4 Å². The third-order valence-electron chi connectivity index (χ3n) is 6.25. The number of unbranched alkanes of at least 4 members (excludes halogenated alkanes) is 1. The fourth-order valence-corrected chi connectivity index (χ4v) is 4.23. The van der Waals surface area contributed by atoms with E-state index in [0.29, 0.717) is 30.0 Å². The number of nitrogens with one attached hydrogen (secondary N) is 2. The molecule has 0 bridgehead atoms. The van der Waals surface area contributed by atoms with Gasteiger partial charge in [0.1, 0.15) is 5.75 Å². The standard InChI is InChI=1S/C29H34N4O3/c1-2-3-18-36-25-12-9-23(10-13-25)28(34)32-24-11-14-27(33-16-5-4-6-17-33)26(19-24)29(35)31-21-22-8-7-15-30-20-22/h7-15,19-20H,2-6,16-18,21H2,1H3,(H,31,35)(H,32,34). The summed E-state index contributed by atoms with van der Waals surface area (Å²) >= 11 is 0. The Hall–Kier alpha value is -3.87. The van der Waals surface area contributed by atoms with Crippen molar-refractivity contribution in [3.8, 4) is 5.75 Å². The quantitative estimate of drug-likeness (QED) is 0.373. The van der Waals surface area contributed by atoms with Crippen LogP contribution in [0.3, 0.4) is 0 Å². The summed E-state index contributed by atoms with van der Waals surface area (Å²) in [4.78, 5) is 32.5. The number of amides is 2. The van der Waals surface area contributed by atoms with Crippen LogP contribution in [0.1, 0.15) is 65.3 Å². The molecule has 1 saturated heterocycles. The number of rotatable bonds is 10. The van der Waals surface area contributed by atoms with Crippen LogP contribution in [-0.4, -0.2) is 36.5 Å². The Balaban J connectivity index is 1.48. The summed E-state index contributed by atoms with van der Waals surface area (Å²) in [5.74, 6) is 0.338. The molecule has 3 aromatic rings. The number of ether oxygens (including phenoxy) is 1. The van der Waals surface area contributed by atoms with Crippen LogP contribution in [0.25, 0.3) is 0 Å². The molecule has 36 heavy (non-hydrogen) atoms. The molecule has 0 saturated carbocycles. The lowest BCUT2D eigenvalue weighted by atomic mass is 10.1. The monoisotopic (exact) mass is 486 g/mol. The number of carbonyl (C=O) groups is 2. The first kappa shape index (κ1) is 25.2. The molecule has 0 atom stereocenters. The minimum absolute atomic E-state index is 0.177. The van der Waals surface area contributed by atoms with Gasteiger partial charge in [0, 0.05) is 49.0 Å². The van der Waals surface area contributed by atoms with Gasteiger partial charge in [0.25, 0.3) is 11.8 Å². The molecule has 0 spiro atoms. The molecule has 1 aromatic heterocycles. The maximum atomic E-state index is 13.3. The van der Waals surface area contributed by atoms with Gasteiger partial charge >= 0.3 is 0 Å². The van der Waals surface area contributed by atoms with Crippen LogP contribution in [0.15, 0.2) is 67.0 Å². The second-order valence-corrected chi connectivity index (χ2v) is 9.00. The average Bonchev–Trinajstić information content (AvgIpc) is 2.93. The number of nitrogens with zero attached hydrogens (tertiary/aromatic N) is 2. The van der Waals surface area contributed by atoms with Gasteiger partial charge in [-0.1, -0.05) is 19.4 Å². The van der Waals surface area contributed by atoms with Gasteiger partial charge in [-0.2, -0.15) is 0 Å². The topological polar surface area (TPSA) is 83.6 Å². The van der Waals surface area contributed by atoms with Crippen LogP contribution in [0.4, 0.5) is 11.4 Å². The number of benzene rings is 2. The van der Waals surface area contributed by atoms with Crippen molar-refractivity contribution in [1.82, 2.24) is 10.3 Å². The first-order valence-corrected chi connectivity index (χ1v) is 12.7. The summed E-state index contributed by atoms with van der Waals surface area (Å²) in [5.41, 5.74) is 3.48. The van der Waals surface area contributed by atoms with Crippen LogP contribution in [0, 0.1) is 0 Å². The van der Waals surface area contributed by atoms with Crippen molar-refractivity contribution in [2.24, 2.45) is 0 Å². The number of anilines is 2. The Morgan fingerprint density at radius 2 is 1.81 bits per heavy atom. The molecule has 188 valence electrons. The Kier molecular flexibility index (Phi) is 8.92. The molecule has 1 aliphatic rings. The highest BCUT2D eigenvalue weighted by Gasteiger charge is 2.20. The van der Waals surface area contributed by atoms with Gasteiger partial charge in [0.05, 0.1) is 12.2 Å². The second-order valence-electron chi connectivity index (χ2n) is 9.00. The Bertz CT molecular complexity index is 1140. The minimum Gasteiger partial charge on any atom is -0.494 e. The van der Waals surface area contributed by atoms with Crippen molar-refractivity contribution in [3.05, 3.63) is 83.7 Å². The summed E-state index contributed by atoms with van der Waals surface area (Å²) < 4.78 is 5.68. The molecule has 1 aliphatic heterocycles. The smallest absolute Gasteiger partial charge is 0.255 e. The molecule has 1 fully saturated rings. The molecule has 2 N–H and O–H groups in total.